The van der Waals surface area contributed by atoms with Gasteiger partial charge in [-0.05, 0) is 24.1 Å². The summed E-state index contributed by atoms with van der Waals surface area (Å²) in [4.78, 5) is 20.9. The monoisotopic (exact) mass is 404 g/mol. The molecule has 0 spiro atoms. The van der Waals surface area contributed by atoms with E-state index >= 15 is 0 Å². The fourth-order valence-electron chi connectivity index (χ4n) is 3.05. The maximum Gasteiger partial charge on any atom is 0.511 e. The molecule has 1 saturated heterocycles. The maximum absolute atomic E-state index is 12.6. The number of H-pyrrole nitrogens is 1. The molecule has 7 nitrogen and oxygen atoms in total. The molecule has 2 aromatic heterocycles. The molecule has 27 heavy (non-hydrogen) atoms. The molecule has 3 rings (SSSR count). The van der Waals surface area contributed by atoms with Gasteiger partial charge >= 0.3 is 15.5 Å². The first-order chi connectivity index (χ1) is 12.6. The van der Waals surface area contributed by atoms with Crippen molar-refractivity contribution < 1.29 is 21.6 Å². The van der Waals surface area contributed by atoms with E-state index in [1.54, 1.807) is 18.3 Å². The second-order valence-electron chi connectivity index (χ2n) is 6.38. The third-order valence-electron chi connectivity index (χ3n) is 4.58. The number of aromatic amines is 1. The van der Waals surface area contributed by atoms with E-state index in [0.29, 0.717) is 33.9 Å². The topological polar surface area (TPSA) is 86.4 Å². The van der Waals surface area contributed by atoms with E-state index in [1.165, 1.54) is 0 Å². The normalized spacial score (nSPS) is 17.5. The molecule has 0 amide bonds. The number of aromatic nitrogens is 2. The maximum atomic E-state index is 12.6. The van der Waals surface area contributed by atoms with Crippen molar-refractivity contribution in [3.63, 3.8) is 0 Å². The number of alkyl halides is 3. The lowest BCUT2D eigenvalue weighted by atomic mass is 10.1. The minimum Gasteiger partial charge on any atom is -0.320 e. The molecule has 0 unspecified atom stereocenters. The van der Waals surface area contributed by atoms with Crippen molar-refractivity contribution in [2.45, 2.75) is 25.4 Å². The summed E-state index contributed by atoms with van der Waals surface area (Å²) in [6.45, 7) is 2.19. The summed E-state index contributed by atoms with van der Waals surface area (Å²) in [7, 11) is -5.28. The minimum absolute atomic E-state index is 0.171. The van der Waals surface area contributed by atoms with Crippen LogP contribution in [-0.2, 0) is 23.0 Å². The van der Waals surface area contributed by atoms with E-state index in [1.807, 2.05) is 11.8 Å². The van der Waals surface area contributed by atoms with E-state index < -0.39 is 15.5 Å². The van der Waals surface area contributed by atoms with Gasteiger partial charge in [0.15, 0.2) is 0 Å². The Morgan fingerprint density at radius 2 is 1.85 bits per heavy atom. The molecule has 3 heterocycles. The highest BCUT2D eigenvalue weighted by Gasteiger charge is 2.50. The average molecular weight is 404 g/mol. The molecule has 2 aromatic rings. The van der Waals surface area contributed by atoms with E-state index in [-0.39, 0.29) is 31.7 Å². The molecule has 1 N–H and O–H groups in total. The summed E-state index contributed by atoms with van der Waals surface area (Å²) in [6, 6.07) is 3.51. The van der Waals surface area contributed by atoms with E-state index in [4.69, 9.17) is 0 Å². The number of piperazine rings is 1. The number of hydrogen-bond donors (Lipinski definition) is 1. The zero-order chi connectivity index (χ0) is 19.8. The third-order valence-corrected chi connectivity index (χ3v) is 6.21. The van der Waals surface area contributed by atoms with Crippen molar-refractivity contribution in [1.82, 2.24) is 19.2 Å². The van der Waals surface area contributed by atoms with Crippen LogP contribution in [0.5, 0.6) is 0 Å². The van der Waals surface area contributed by atoms with Crippen molar-refractivity contribution in [3.05, 3.63) is 39.8 Å². The highest BCUT2D eigenvalue weighted by molar-refractivity contribution is 7.90. The molecule has 148 valence electrons. The van der Waals surface area contributed by atoms with Crippen molar-refractivity contribution in [1.29, 1.82) is 0 Å². The smallest absolute Gasteiger partial charge is 0.320 e. The number of fused-ring (bicyclic) bond motifs is 1. The van der Waals surface area contributed by atoms with Gasteiger partial charge in [0.1, 0.15) is 0 Å². The van der Waals surface area contributed by atoms with Crippen LogP contribution in [0.25, 0.3) is 11.0 Å². The number of nitrogens with one attached hydrogen (secondary N) is 1. The zero-order valence-corrected chi connectivity index (χ0v) is 15.4. The third kappa shape index (κ3) is 3.99. The van der Waals surface area contributed by atoms with Crippen LogP contribution in [-0.4, -0.2) is 59.3 Å². The Morgan fingerprint density at radius 1 is 1.19 bits per heavy atom. The minimum atomic E-state index is -5.28. The molecular weight excluding hydrogens is 385 g/mol. The van der Waals surface area contributed by atoms with Crippen LogP contribution in [0.1, 0.15) is 18.1 Å². The second-order valence-corrected chi connectivity index (χ2v) is 8.31. The van der Waals surface area contributed by atoms with Crippen LogP contribution in [0.3, 0.4) is 0 Å². The quantitative estimate of drug-likeness (QED) is 0.834. The summed E-state index contributed by atoms with van der Waals surface area (Å²) in [5.41, 5.74) is -2.76. The first-order valence-electron chi connectivity index (χ1n) is 8.41. The highest BCUT2D eigenvalue weighted by Crippen LogP contribution is 2.27. The summed E-state index contributed by atoms with van der Waals surface area (Å²) >= 11 is 0. The summed E-state index contributed by atoms with van der Waals surface area (Å²) in [5.74, 6) is 0. The van der Waals surface area contributed by atoms with Crippen molar-refractivity contribution in [2.75, 3.05) is 26.2 Å². The summed E-state index contributed by atoms with van der Waals surface area (Å²) in [6.07, 6.45) is 2.25. The Morgan fingerprint density at radius 3 is 2.44 bits per heavy atom. The van der Waals surface area contributed by atoms with Crippen LogP contribution >= 0.6 is 0 Å². The lowest BCUT2D eigenvalue weighted by Crippen LogP contribution is -2.51. The van der Waals surface area contributed by atoms with Crippen LogP contribution in [0.15, 0.2) is 23.1 Å². The van der Waals surface area contributed by atoms with Gasteiger partial charge in [-0.2, -0.15) is 17.5 Å². The Bertz CT molecular complexity index is 996. The Hall–Kier alpha value is -1.98. The fourth-order valence-corrected chi connectivity index (χ4v) is 3.99. The molecule has 0 radical (unpaired) electrons. The highest BCUT2D eigenvalue weighted by atomic mass is 32.2. The van der Waals surface area contributed by atoms with Crippen molar-refractivity contribution in [3.8, 4) is 0 Å². The van der Waals surface area contributed by atoms with Gasteiger partial charge in [-0.1, -0.05) is 6.92 Å². The Kier molecular flexibility index (Phi) is 5.28. The first-order valence-corrected chi connectivity index (χ1v) is 9.85. The number of aryl methyl sites for hydroxylation is 1. The second kappa shape index (κ2) is 7.21. The lowest BCUT2D eigenvalue weighted by molar-refractivity contribution is -0.0500. The number of pyridine rings is 2. The van der Waals surface area contributed by atoms with Gasteiger partial charge in [-0.3, -0.25) is 14.7 Å². The number of rotatable bonds is 4. The number of nitrogens with zero attached hydrogens (tertiary/aromatic N) is 3. The average Bonchev–Trinajstić information content (AvgIpc) is 2.60. The van der Waals surface area contributed by atoms with Gasteiger partial charge in [-0.25, -0.2) is 8.42 Å². The predicted octanol–water partition coefficient (Wildman–Crippen LogP) is 1.45. The molecule has 0 atom stereocenters. The Balaban J connectivity index is 1.70. The molecule has 0 aromatic carbocycles. The molecule has 1 aliphatic heterocycles. The first kappa shape index (κ1) is 19.8. The predicted molar refractivity (Wildman–Crippen MR) is 93.6 cm³/mol. The number of halogens is 3. The summed E-state index contributed by atoms with van der Waals surface area (Å²) < 4.78 is 61.2. The van der Waals surface area contributed by atoms with E-state index in [2.05, 4.69) is 9.97 Å². The molecule has 11 heteroatoms. The van der Waals surface area contributed by atoms with Crippen LogP contribution in [0.2, 0.25) is 0 Å². The zero-order valence-electron chi connectivity index (χ0n) is 14.6. The molecule has 1 fully saturated rings. The van der Waals surface area contributed by atoms with E-state index in [0.717, 1.165) is 5.56 Å². The van der Waals surface area contributed by atoms with Crippen molar-refractivity contribution >= 4 is 21.1 Å². The van der Waals surface area contributed by atoms with E-state index in [9.17, 15) is 26.4 Å². The van der Waals surface area contributed by atoms with Gasteiger partial charge in [0.05, 0.1) is 11.0 Å². The van der Waals surface area contributed by atoms with Crippen molar-refractivity contribution in [2.24, 2.45) is 0 Å². The van der Waals surface area contributed by atoms with Crippen LogP contribution in [0, 0.1) is 0 Å². The van der Waals surface area contributed by atoms with Gasteiger partial charge in [-0.15, -0.1) is 0 Å². The van der Waals surface area contributed by atoms with Gasteiger partial charge in [0, 0.05) is 44.5 Å². The number of hydrogen-bond acceptors (Lipinski definition) is 5. The molecule has 0 bridgehead atoms. The molecule has 1 aliphatic rings. The fraction of sp³-hybridized carbons (Fsp3) is 0.500. The Labute approximate surface area is 153 Å². The molecule has 0 saturated carbocycles. The summed E-state index contributed by atoms with van der Waals surface area (Å²) in [5, 5.41) is 0. The van der Waals surface area contributed by atoms with Crippen LogP contribution in [0.4, 0.5) is 13.2 Å². The van der Waals surface area contributed by atoms with Gasteiger partial charge in [0.2, 0.25) is 0 Å². The molecule has 0 aliphatic carbocycles. The SMILES string of the molecule is CCc1cc2ncc(CN3CCN(S(=O)(=O)C(F)(F)F)CC3)cc2[nH]c1=O. The van der Waals surface area contributed by atoms with Gasteiger partial charge < -0.3 is 4.98 Å². The number of sulfonamides is 1. The lowest BCUT2D eigenvalue weighted by Gasteiger charge is -2.34. The van der Waals surface area contributed by atoms with Crippen LogP contribution < -0.4 is 5.56 Å². The van der Waals surface area contributed by atoms with Gasteiger partial charge in [0.25, 0.3) is 5.56 Å². The molecular formula is C16H19F3N4O3S. The standard InChI is InChI=1S/C16H19F3N4O3S/c1-2-12-8-13-14(21-15(12)24)7-11(9-20-13)10-22-3-5-23(6-4-22)27(25,26)16(17,18)19/h7-9H,2-6,10H2,1H3,(H,21,24). The largest absolute Gasteiger partial charge is 0.511 e.